The molecule has 3 nitrogen and oxygen atoms in total. The van der Waals surface area contributed by atoms with Crippen LogP contribution >= 0.6 is 31.9 Å². The summed E-state index contributed by atoms with van der Waals surface area (Å²) in [5.41, 5.74) is 1.04. The molecule has 0 radical (unpaired) electrons. The number of halogens is 2. The van der Waals surface area contributed by atoms with Crippen molar-refractivity contribution in [1.29, 1.82) is 0 Å². The first-order chi connectivity index (χ1) is 10.5. The van der Waals surface area contributed by atoms with Gasteiger partial charge in [0.25, 0.3) is 0 Å². The first kappa shape index (κ1) is 16.6. The molecule has 0 aromatic heterocycles. The van der Waals surface area contributed by atoms with Crippen LogP contribution in [0.25, 0.3) is 6.08 Å². The van der Waals surface area contributed by atoms with Gasteiger partial charge in [0.1, 0.15) is 0 Å². The Morgan fingerprint density at radius 2 is 1.86 bits per heavy atom. The zero-order valence-electron chi connectivity index (χ0n) is 11.8. The quantitative estimate of drug-likeness (QED) is 0.582. The fraction of sp³-hybridized carbons (Fsp3) is 0.0588. The third-order valence-electron chi connectivity index (χ3n) is 3.03. The largest absolute Gasteiger partial charge is 0.385 e. The minimum Gasteiger partial charge on any atom is -0.385 e. The van der Waals surface area contributed by atoms with Gasteiger partial charge in [0.2, 0.25) is 5.43 Å². The monoisotopic (exact) mass is 421 g/mol. The van der Waals surface area contributed by atoms with Crippen molar-refractivity contribution in [2.24, 2.45) is 0 Å². The number of rotatable bonds is 4. The summed E-state index contributed by atoms with van der Waals surface area (Å²) in [7, 11) is 1.65. The van der Waals surface area contributed by atoms with Crippen molar-refractivity contribution in [2.45, 2.75) is 0 Å². The Morgan fingerprint density at radius 3 is 2.55 bits per heavy atom. The van der Waals surface area contributed by atoms with Crippen LogP contribution in [0.1, 0.15) is 15.9 Å². The predicted molar refractivity (Wildman–Crippen MR) is 97.5 cm³/mol. The van der Waals surface area contributed by atoms with E-state index in [-0.39, 0.29) is 16.8 Å². The summed E-state index contributed by atoms with van der Waals surface area (Å²) < 4.78 is 1.56. The lowest BCUT2D eigenvalue weighted by atomic mass is 10.1. The number of nitrogens with one attached hydrogen (secondary N) is 1. The van der Waals surface area contributed by atoms with Crippen LogP contribution in [-0.2, 0) is 0 Å². The minimum atomic E-state index is -0.339. The van der Waals surface area contributed by atoms with E-state index in [1.165, 1.54) is 12.1 Å². The van der Waals surface area contributed by atoms with Gasteiger partial charge in [-0.2, -0.15) is 0 Å². The number of ketones is 1. The lowest BCUT2D eigenvalue weighted by Gasteiger charge is -1.98. The average Bonchev–Trinajstić information content (AvgIpc) is 2.65. The Kier molecular flexibility index (Phi) is 5.69. The van der Waals surface area contributed by atoms with Crippen LogP contribution < -0.4 is 10.7 Å². The van der Waals surface area contributed by atoms with Gasteiger partial charge < -0.3 is 5.32 Å². The Hall–Kier alpha value is -1.72. The topological polar surface area (TPSA) is 46.2 Å². The van der Waals surface area contributed by atoms with Gasteiger partial charge in [-0.05, 0) is 42.0 Å². The summed E-state index contributed by atoms with van der Waals surface area (Å²) in [6.07, 6.45) is 3.09. The maximum Gasteiger partial charge on any atom is 0.212 e. The number of carbonyl (C=O) groups excluding carboxylic acids is 1. The van der Waals surface area contributed by atoms with Crippen molar-refractivity contribution in [3.05, 3.63) is 78.8 Å². The number of allylic oxidation sites excluding steroid dienone is 1. The Balaban J connectivity index is 2.43. The van der Waals surface area contributed by atoms with E-state index >= 15 is 0 Å². The molecule has 112 valence electrons. The van der Waals surface area contributed by atoms with Crippen LogP contribution in [0.15, 0.2) is 62.3 Å². The van der Waals surface area contributed by atoms with Crippen molar-refractivity contribution >= 4 is 49.4 Å². The molecule has 0 aliphatic rings. The fourth-order valence-corrected chi connectivity index (χ4v) is 2.66. The SMILES string of the molecule is CNc1ccc(Br)cc(C(=O)/C=C/c2ccccc2Br)c1=O. The minimum absolute atomic E-state index is 0.115. The van der Waals surface area contributed by atoms with Crippen molar-refractivity contribution in [2.75, 3.05) is 12.4 Å². The van der Waals surface area contributed by atoms with Gasteiger partial charge in [-0.25, -0.2) is 0 Å². The van der Waals surface area contributed by atoms with Crippen molar-refractivity contribution < 1.29 is 4.79 Å². The van der Waals surface area contributed by atoms with Gasteiger partial charge >= 0.3 is 0 Å². The highest BCUT2D eigenvalue weighted by molar-refractivity contribution is 9.10. The summed E-state index contributed by atoms with van der Waals surface area (Å²) in [6, 6.07) is 12.4. The molecule has 0 heterocycles. The van der Waals surface area contributed by atoms with Gasteiger partial charge in [-0.3, -0.25) is 9.59 Å². The summed E-state index contributed by atoms with van der Waals surface area (Å²) in [6.45, 7) is 0. The molecule has 0 aliphatic carbocycles. The Morgan fingerprint density at radius 1 is 1.14 bits per heavy atom. The van der Waals surface area contributed by atoms with E-state index in [1.54, 1.807) is 25.3 Å². The zero-order valence-corrected chi connectivity index (χ0v) is 14.9. The molecular weight excluding hydrogens is 410 g/mol. The van der Waals surface area contributed by atoms with Gasteiger partial charge in [0.15, 0.2) is 5.78 Å². The van der Waals surface area contributed by atoms with E-state index in [9.17, 15) is 9.59 Å². The van der Waals surface area contributed by atoms with Crippen molar-refractivity contribution in [1.82, 2.24) is 0 Å². The Bertz CT molecular complexity index is 801. The second kappa shape index (κ2) is 7.51. The zero-order chi connectivity index (χ0) is 16.1. The first-order valence-electron chi connectivity index (χ1n) is 6.51. The van der Waals surface area contributed by atoms with E-state index in [0.717, 1.165) is 10.0 Å². The van der Waals surface area contributed by atoms with E-state index in [4.69, 9.17) is 0 Å². The van der Waals surface area contributed by atoms with Crippen LogP contribution in [0.3, 0.4) is 0 Å². The molecule has 2 aromatic rings. The summed E-state index contributed by atoms with van der Waals surface area (Å²) >= 11 is 6.73. The molecule has 2 rings (SSSR count). The highest BCUT2D eigenvalue weighted by Gasteiger charge is 2.10. The van der Waals surface area contributed by atoms with Crippen LogP contribution in [0.5, 0.6) is 0 Å². The molecule has 0 atom stereocenters. The number of hydrogen-bond donors (Lipinski definition) is 1. The molecular formula is C17H13Br2NO2. The molecule has 0 bridgehead atoms. The normalized spacial score (nSPS) is 10.7. The third kappa shape index (κ3) is 3.93. The van der Waals surface area contributed by atoms with Gasteiger partial charge in [-0.1, -0.05) is 50.1 Å². The fourth-order valence-electron chi connectivity index (χ4n) is 1.88. The number of anilines is 1. The summed E-state index contributed by atoms with van der Waals surface area (Å²) in [5, 5.41) is 2.80. The molecule has 0 saturated carbocycles. The van der Waals surface area contributed by atoms with Crippen molar-refractivity contribution in [3.63, 3.8) is 0 Å². The molecule has 0 unspecified atom stereocenters. The van der Waals surface area contributed by atoms with E-state index in [0.29, 0.717) is 10.2 Å². The smallest absolute Gasteiger partial charge is 0.212 e. The Labute approximate surface area is 145 Å². The number of carbonyl (C=O) groups is 1. The third-order valence-corrected chi connectivity index (χ3v) is 4.25. The van der Waals surface area contributed by atoms with Gasteiger partial charge in [0, 0.05) is 16.0 Å². The standard InChI is InChI=1S/C17H13Br2NO2/c1-20-15-8-7-12(18)10-13(17(15)22)16(21)9-6-11-4-2-3-5-14(11)19/h2-10H,1H3,(H,20,22)/b9-6+. The molecule has 0 fully saturated rings. The van der Waals surface area contributed by atoms with Gasteiger partial charge in [-0.15, -0.1) is 0 Å². The first-order valence-corrected chi connectivity index (χ1v) is 8.10. The highest BCUT2D eigenvalue weighted by atomic mass is 79.9. The molecule has 1 N–H and O–H groups in total. The van der Waals surface area contributed by atoms with E-state index < -0.39 is 0 Å². The summed E-state index contributed by atoms with van der Waals surface area (Å²) in [5.74, 6) is -0.339. The van der Waals surface area contributed by atoms with Crippen LogP contribution in [0.4, 0.5) is 5.69 Å². The number of benzene rings is 1. The highest BCUT2D eigenvalue weighted by Crippen LogP contribution is 2.18. The van der Waals surface area contributed by atoms with Crippen LogP contribution in [-0.4, -0.2) is 12.8 Å². The van der Waals surface area contributed by atoms with E-state index in [1.807, 2.05) is 24.3 Å². The summed E-state index contributed by atoms with van der Waals surface area (Å²) in [4.78, 5) is 24.7. The number of hydrogen-bond acceptors (Lipinski definition) is 3. The van der Waals surface area contributed by atoms with Crippen molar-refractivity contribution in [3.8, 4) is 0 Å². The second-order valence-corrected chi connectivity index (χ2v) is 6.26. The molecule has 0 saturated heterocycles. The van der Waals surface area contributed by atoms with Crippen LogP contribution in [0, 0.1) is 0 Å². The molecule has 0 spiro atoms. The van der Waals surface area contributed by atoms with Crippen LogP contribution in [0.2, 0.25) is 0 Å². The molecule has 2 aromatic carbocycles. The molecule has 22 heavy (non-hydrogen) atoms. The van der Waals surface area contributed by atoms with E-state index in [2.05, 4.69) is 37.2 Å². The maximum absolute atomic E-state index is 12.4. The predicted octanol–water partition coefficient (Wildman–Crippen LogP) is 4.51. The average molecular weight is 423 g/mol. The molecule has 5 heteroatoms. The molecule has 0 amide bonds. The maximum atomic E-state index is 12.4. The second-order valence-electron chi connectivity index (χ2n) is 4.49. The lowest BCUT2D eigenvalue weighted by Crippen LogP contribution is -2.14. The van der Waals surface area contributed by atoms with Gasteiger partial charge in [0.05, 0.1) is 11.3 Å². The lowest BCUT2D eigenvalue weighted by molar-refractivity contribution is 0.104. The molecule has 0 aliphatic heterocycles.